The first-order chi connectivity index (χ1) is 6.65. The number of hydrogen-bond acceptors (Lipinski definition) is 3. The van der Waals surface area contributed by atoms with Crippen LogP contribution in [0.1, 0.15) is 12.7 Å². The van der Waals surface area contributed by atoms with Gasteiger partial charge >= 0.3 is 6.03 Å². The molecule has 14 heavy (non-hydrogen) atoms. The van der Waals surface area contributed by atoms with E-state index >= 15 is 0 Å². The number of carbonyl (C=O) groups is 1. The van der Waals surface area contributed by atoms with Crippen LogP contribution in [0.5, 0.6) is 0 Å². The van der Waals surface area contributed by atoms with Gasteiger partial charge in [0.25, 0.3) is 0 Å². The van der Waals surface area contributed by atoms with Crippen LogP contribution in [0.4, 0.5) is 4.79 Å². The Hall–Kier alpha value is -1.59. The molecule has 6 heteroatoms. The Morgan fingerprint density at radius 3 is 2.93 bits per heavy atom. The summed E-state index contributed by atoms with van der Waals surface area (Å²) >= 11 is 0. The number of amides is 2. The third-order valence-electron chi connectivity index (χ3n) is 2.02. The molecular formula is C8H15N5O. The Kier molecular flexibility index (Phi) is 3.44. The fourth-order valence-corrected chi connectivity index (χ4v) is 0.900. The van der Waals surface area contributed by atoms with Gasteiger partial charge in [0.2, 0.25) is 0 Å². The number of carbonyl (C=O) groups excluding carboxylic acids is 1. The number of nitrogens with zero attached hydrogens (tertiary/aromatic N) is 4. The van der Waals surface area contributed by atoms with Crippen molar-refractivity contribution < 1.29 is 4.79 Å². The molecule has 0 radical (unpaired) electrons. The van der Waals surface area contributed by atoms with Gasteiger partial charge in [-0.1, -0.05) is 0 Å². The van der Waals surface area contributed by atoms with Gasteiger partial charge in [0.15, 0.2) is 5.82 Å². The molecule has 0 fully saturated rings. The van der Waals surface area contributed by atoms with Crippen LogP contribution >= 0.6 is 0 Å². The van der Waals surface area contributed by atoms with E-state index in [2.05, 4.69) is 15.5 Å². The van der Waals surface area contributed by atoms with E-state index in [0.717, 1.165) is 5.82 Å². The summed E-state index contributed by atoms with van der Waals surface area (Å²) in [6, 6.07) is -0.101. The van der Waals surface area contributed by atoms with Crippen molar-refractivity contribution in [3.63, 3.8) is 0 Å². The molecule has 6 nitrogen and oxygen atoms in total. The minimum Gasteiger partial charge on any atom is -0.331 e. The minimum absolute atomic E-state index is 0.101. The monoisotopic (exact) mass is 197 g/mol. The van der Waals surface area contributed by atoms with Crippen LogP contribution in [0.25, 0.3) is 0 Å². The van der Waals surface area contributed by atoms with Gasteiger partial charge in [-0.3, -0.25) is 0 Å². The Bertz CT molecular complexity index is 308. The van der Waals surface area contributed by atoms with Crippen molar-refractivity contribution in [1.82, 2.24) is 25.0 Å². The maximum atomic E-state index is 11.3. The second-order valence-corrected chi connectivity index (χ2v) is 3.03. The number of rotatable bonds is 3. The molecule has 1 aromatic rings. The quantitative estimate of drug-likeness (QED) is 0.740. The highest BCUT2D eigenvalue weighted by atomic mass is 16.2. The van der Waals surface area contributed by atoms with Gasteiger partial charge in [-0.15, -0.1) is 10.2 Å². The highest BCUT2D eigenvalue weighted by Crippen LogP contribution is 1.91. The molecule has 1 heterocycles. The second-order valence-electron chi connectivity index (χ2n) is 3.03. The molecule has 0 aliphatic carbocycles. The normalized spacial score (nSPS) is 9.93. The van der Waals surface area contributed by atoms with Crippen molar-refractivity contribution in [2.45, 2.75) is 13.5 Å². The summed E-state index contributed by atoms with van der Waals surface area (Å²) in [5.74, 6) is 0.739. The van der Waals surface area contributed by atoms with Gasteiger partial charge in [0.1, 0.15) is 6.33 Å². The van der Waals surface area contributed by atoms with Gasteiger partial charge < -0.3 is 14.8 Å². The first kappa shape index (κ1) is 10.5. The SMILES string of the molecule is CCN(C)C(=O)NCc1nncn1C. The lowest BCUT2D eigenvalue weighted by Crippen LogP contribution is -2.37. The molecule has 0 saturated heterocycles. The summed E-state index contributed by atoms with van der Waals surface area (Å²) in [5, 5.41) is 10.3. The molecule has 0 aromatic carbocycles. The Labute approximate surface area is 82.9 Å². The van der Waals surface area contributed by atoms with Crippen LogP contribution in [-0.4, -0.2) is 39.3 Å². The van der Waals surface area contributed by atoms with E-state index in [9.17, 15) is 4.79 Å². The summed E-state index contributed by atoms with van der Waals surface area (Å²) in [6.45, 7) is 3.01. The number of aryl methyl sites for hydroxylation is 1. The smallest absolute Gasteiger partial charge is 0.317 e. The largest absolute Gasteiger partial charge is 0.331 e. The van der Waals surface area contributed by atoms with E-state index in [1.165, 1.54) is 0 Å². The van der Waals surface area contributed by atoms with Crippen LogP contribution in [0, 0.1) is 0 Å². The Balaban J connectivity index is 2.41. The van der Waals surface area contributed by atoms with Crippen LogP contribution in [-0.2, 0) is 13.6 Å². The maximum absolute atomic E-state index is 11.3. The van der Waals surface area contributed by atoms with Crippen LogP contribution < -0.4 is 5.32 Å². The molecule has 0 saturated carbocycles. The zero-order chi connectivity index (χ0) is 10.6. The van der Waals surface area contributed by atoms with Gasteiger partial charge in [0, 0.05) is 20.6 Å². The molecule has 1 N–H and O–H groups in total. The van der Waals surface area contributed by atoms with Gasteiger partial charge in [-0.25, -0.2) is 4.79 Å². The number of urea groups is 1. The first-order valence-electron chi connectivity index (χ1n) is 4.47. The minimum atomic E-state index is -0.101. The molecule has 0 bridgehead atoms. The zero-order valence-corrected chi connectivity index (χ0v) is 8.69. The Morgan fingerprint density at radius 1 is 1.71 bits per heavy atom. The third-order valence-corrected chi connectivity index (χ3v) is 2.02. The van der Waals surface area contributed by atoms with E-state index in [0.29, 0.717) is 13.1 Å². The zero-order valence-electron chi connectivity index (χ0n) is 8.69. The highest BCUT2D eigenvalue weighted by Gasteiger charge is 2.07. The summed E-state index contributed by atoms with van der Waals surface area (Å²) in [7, 11) is 3.58. The fraction of sp³-hybridized carbons (Fsp3) is 0.625. The maximum Gasteiger partial charge on any atom is 0.317 e. The van der Waals surface area contributed by atoms with Crippen LogP contribution in [0.15, 0.2) is 6.33 Å². The van der Waals surface area contributed by atoms with E-state index in [1.54, 1.807) is 22.8 Å². The van der Waals surface area contributed by atoms with Crippen LogP contribution in [0.2, 0.25) is 0 Å². The molecule has 78 valence electrons. The van der Waals surface area contributed by atoms with Crippen molar-refractivity contribution in [3.8, 4) is 0 Å². The number of aromatic nitrogens is 3. The van der Waals surface area contributed by atoms with E-state index in [1.807, 2.05) is 14.0 Å². The summed E-state index contributed by atoms with van der Waals surface area (Å²) < 4.78 is 1.77. The van der Waals surface area contributed by atoms with Crippen molar-refractivity contribution in [2.24, 2.45) is 7.05 Å². The van der Waals surface area contributed by atoms with Crippen molar-refractivity contribution >= 4 is 6.03 Å². The lowest BCUT2D eigenvalue weighted by atomic mass is 10.5. The second kappa shape index (κ2) is 4.59. The average molecular weight is 197 g/mol. The van der Waals surface area contributed by atoms with E-state index in [4.69, 9.17) is 0 Å². The summed E-state index contributed by atoms with van der Waals surface area (Å²) in [5.41, 5.74) is 0. The summed E-state index contributed by atoms with van der Waals surface area (Å²) in [4.78, 5) is 12.9. The molecule has 0 unspecified atom stereocenters. The molecule has 1 rings (SSSR count). The molecular weight excluding hydrogens is 182 g/mol. The number of hydrogen-bond donors (Lipinski definition) is 1. The predicted molar refractivity (Wildman–Crippen MR) is 51.5 cm³/mol. The average Bonchev–Trinajstić information content (AvgIpc) is 2.59. The van der Waals surface area contributed by atoms with Crippen LogP contribution in [0.3, 0.4) is 0 Å². The lowest BCUT2D eigenvalue weighted by Gasteiger charge is -2.14. The highest BCUT2D eigenvalue weighted by molar-refractivity contribution is 5.73. The van der Waals surface area contributed by atoms with Gasteiger partial charge in [0.05, 0.1) is 6.54 Å². The fourth-order valence-electron chi connectivity index (χ4n) is 0.900. The Morgan fingerprint density at radius 2 is 2.43 bits per heavy atom. The third kappa shape index (κ3) is 2.45. The van der Waals surface area contributed by atoms with Crippen molar-refractivity contribution in [1.29, 1.82) is 0 Å². The van der Waals surface area contributed by atoms with Crippen molar-refractivity contribution in [2.75, 3.05) is 13.6 Å². The molecule has 1 aromatic heterocycles. The molecule has 0 aliphatic rings. The van der Waals surface area contributed by atoms with Gasteiger partial charge in [-0.2, -0.15) is 0 Å². The van der Waals surface area contributed by atoms with Crippen molar-refractivity contribution in [3.05, 3.63) is 12.2 Å². The standard InChI is InChI=1S/C8H15N5O/c1-4-12(2)8(14)9-5-7-11-10-6-13(7)3/h6H,4-5H2,1-3H3,(H,9,14). The topological polar surface area (TPSA) is 63.1 Å². The molecule has 0 spiro atoms. The summed E-state index contributed by atoms with van der Waals surface area (Å²) in [6.07, 6.45) is 1.60. The van der Waals surface area contributed by atoms with E-state index < -0.39 is 0 Å². The molecule has 0 atom stereocenters. The lowest BCUT2D eigenvalue weighted by molar-refractivity contribution is 0.210. The van der Waals surface area contributed by atoms with E-state index in [-0.39, 0.29) is 6.03 Å². The molecule has 2 amide bonds. The molecule has 0 aliphatic heterocycles. The first-order valence-corrected chi connectivity index (χ1v) is 4.47. The number of nitrogens with one attached hydrogen (secondary N) is 1. The van der Waals surface area contributed by atoms with Gasteiger partial charge in [-0.05, 0) is 6.92 Å². The predicted octanol–water partition coefficient (Wildman–Crippen LogP) is -0.0236.